The zero-order valence-electron chi connectivity index (χ0n) is 23.4. The number of methoxy groups -OCH3 is 1. The van der Waals surface area contributed by atoms with Crippen molar-refractivity contribution in [2.24, 2.45) is 0 Å². The molecular formula is C32H39BrN2O4. The second-order valence-electron chi connectivity index (χ2n) is 10.0. The number of hydrogen-bond donors (Lipinski definition) is 1. The lowest BCUT2D eigenvalue weighted by molar-refractivity contribution is -0.143. The van der Waals surface area contributed by atoms with Crippen LogP contribution >= 0.6 is 15.9 Å². The Kier molecular flexibility index (Phi) is 11.4. The van der Waals surface area contributed by atoms with Crippen molar-refractivity contribution in [2.75, 3.05) is 13.7 Å². The average molecular weight is 596 g/mol. The summed E-state index contributed by atoms with van der Waals surface area (Å²) in [6, 6.07) is 22.4. The average Bonchev–Trinajstić information content (AvgIpc) is 2.94. The van der Waals surface area contributed by atoms with Gasteiger partial charge >= 0.3 is 0 Å². The first-order valence-corrected chi connectivity index (χ1v) is 14.2. The number of ether oxygens (including phenoxy) is 2. The maximum absolute atomic E-state index is 13.8. The Morgan fingerprint density at radius 2 is 1.67 bits per heavy atom. The van der Waals surface area contributed by atoms with Crippen LogP contribution in [0.1, 0.15) is 56.7 Å². The Bertz CT molecular complexity index is 1230. The highest BCUT2D eigenvalue weighted by Crippen LogP contribution is 2.29. The summed E-state index contributed by atoms with van der Waals surface area (Å²) in [6.07, 6.45) is 1.17. The molecular weight excluding hydrogens is 556 g/mol. The third kappa shape index (κ3) is 8.85. The van der Waals surface area contributed by atoms with Crippen LogP contribution in [0, 0.1) is 0 Å². The van der Waals surface area contributed by atoms with Crippen molar-refractivity contribution in [2.45, 2.75) is 65.1 Å². The van der Waals surface area contributed by atoms with E-state index < -0.39 is 6.04 Å². The summed E-state index contributed by atoms with van der Waals surface area (Å²) in [5.74, 6) is 1.18. The lowest BCUT2D eigenvalue weighted by atomic mass is 10.0. The van der Waals surface area contributed by atoms with Gasteiger partial charge in [-0.2, -0.15) is 0 Å². The van der Waals surface area contributed by atoms with Crippen molar-refractivity contribution >= 4 is 27.7 Å². The maximum atomic E-state index is 13.8. The Labute approximate surface area is 240 Å². The molecule has 39 heavy (non-hydrogen) atoms. The summed E-state index contributed by atoms with van der Waals surface area (Å²) in [4.78, 5) is 29.1. The molecule has 0 saturated carbocycles. The Morgan fingerprint density at radius 3 is 2.31 bits per heavy atom. The molecule has 2 atom stereocenters. The van der Waals surface area contributed by atoms with Gasteiger partial charge in [-0.05, 0) is 76.1 Å². The van der Waals surface area contributed by atoms with E-state index >= 15 is 0 Å². The number of nitrogens with zero attached hydrogens (tertiary/aromatic N) is 1. The number of benzene rings is 3. The molecule has 3 aromatic rings. The Balaban J connectivity index is 1.93. The summed E-state index contributed by atoms with van der Waals surface area (Å²) in [5, 5.41) is 3.09. The summed E-state index contributed by atoms with van der Waals surface area (Å²) in [7, 11) is 1.61. The molecule has 0 spiro atoms. The molecule has 0 heterocycles. The van der Waals surface area contributed by atoms with Gasteiger partial charge in [0.1, 0.15) is 17.5 Å². The monoisotopic (exact) mass is 594 g/mol. The van der Waals surface area contributed by atoms with Crippen LogP contribution in [-0.4, -0.2) is 42.5 Å². The van der Waals surface area contributed by atoms with Crippen molar-refractivity contribution < 1.29 is 19.1 Å². The normalized spacial score (nSPS) is 12.5. The second-order valence-corrected chi connectivity index (χ2v) is 10.9. The molecule has 0 fully saturated rings. The molecule has 0 aliphatic heterocycles. The summed E-state index contributed by atoms with van der Waals surface area (Å²) >= 11 is 3.58. The van der Waals surface area contributed by atoms with Gasteiger partial charge in [0.05, 0.1) is 11.6 Å². The van der Waals surface area contributed by atoms with Crippen molar-refractivity contribution in [3.63, 3.8) is 0 Å². The highest BCUT2D eigenvalue weighted by Gasteiger charge is 2.31. The predicted molar refractivity (Wildman–Crippen MR) is 159 cm³/mol. The largest absolute Gasteiger partial charge is 0.497 e. The smallest absolute Gasteiger partial charge is 0.261 e. The van der Waals surface area contributed by atoms with Crippen LogP contribution in [0.2, 0.25) is 0 Å². The Hall–Kier alpha value is -3.32. The van der Waals surface area contributed by atoms with E-state index in [1.165, 1.54) is 5.56 Å². The fraction of sp³-hybridized carbons (Fsp3) is 0.375. The van der Waals surface area contributed by atoms with Crippen molar-refractivity contribution in [1.82, 2.24) is 10.2 Å². The van der Waals surface area contributed by atoms with Crippen molar-refractivity contribution in [3.05, 3.63) is 94.0 Å². The molecule has 0 aliphatic carbocycles. The van der Waals surface area contributed by atoms with E-state index in [1.54, 1.807) is 12.0 Å². The lowest BCUT2D eigenvalue weighted by Gasteiger charge is -2.32. The van der Waals surface area contributed by atoms with Gasteiger partial charge in [0, 0.05) is 19.0 Å². The number of halogens is 1. The minimum Gasteiger partial charge on any atom is -0.497 e. The molecule has 7 heteroatoms. The van der Waals surface area contributed by atoms with Crippen LogP contribution in [-0.2, 0) is 22.6 Å². The first kappa shape index (κ1) is 30.2. The molecule has 2 amide bonds. The van der Waals surface area contributed by atoms with E-state index in [0.29, 0.717) is 23.8 Å². The first-order chi connectivity index (χ1) is 18.7. The molecule has 0 aromatic heterocycles. The number of hydrogen-bond acceptors (Lipinski definition) is 4. The maximum Gasteiger partial charge on any atom is 0.261 e. The van der Waals surface area contributed by atoms with Gasteiger partial charge in [-0.25, -0.2) is 0 Å². The van der Waals surface area contributed by atoms with E-state index in [-0.39, 0.29) is 31.0 Å². The van der Waals surface area contributed by atoms with E-state index in [4.69, 9.17) is 9.47 Å². The van der Waals surface area contributed by atoms with Crippen LogP contribution in [0.5, 0.6) is 11.5 Å². The van der Waals surface area contributed by atoms with Crippen LogP contribution in [0.3, 0.4) is 0 Å². The van der Waals surface area contributed by atoms with E-state index in [0.717, 1.165) is 22.0 Å². The van der Waals surface area contributed by atoms with Crippen LogP contribution in [0.25, 0.3) is 0 Å². The van der Waals surface area contributed by atoms with Gasteiger partial charge in [-0.15, -0.1) is 0 Å². The third-order valence-electron chi connectivity index (χ3n) is 6.73. The minimum absolute atomic E-state index is 0.0174. The minimum atomic E-state index is -0.726. The number of nitrogens with one attached hydrogen (secondary N) is 1. The first-order valence-electron chi connectivity index (χ1n) is 13.4. The predicted octanol–water partition coefficient (Wildman–Crippen LogP) is 6.51. The zero-order valence-corrected chi connectivity index (χ0v) is 25.0. The van der Waals surface area contributed by atoms with Gasteiger partial charge in [0.15, 0.2) is 6.61 Å². The van der Waals surface area contributed by atoms with Crippen molar-refractivity contribution in [3.8, 4) is 11.5 Å². The molecule has 0 unspecified atom stereocenters. The number of carbonyl (C=O) groups excluding carboxylic acids is 2. The lowest BCUT2D eigenvalue weighted by Crippen LogP contribution is -2.53. The van der Waals surface area contributed by atoms with Gasteiger partial charge in [-0.3, -0.25) is 9.59 Å². The van der Waals surface area contributed by atoms with E-state index in [2.05, 4.69) is 35.1 Å². The molecule has 0 radical (unpaired) electrons. The molecule has 1 N–H and O–H groups in total. The topological polar surface area (TPSA) is 67.9 Å². The highest BCUT2D eigenvalue weighted by molar-refractivity contribution is 9.10. The van der Waals surface area contributed by atoms with Crippen LogP contribution in [0.15, 0.2) is 77.3 Å². The quantitative estimate of drug-likeness (QED) is 0.245. The number of rotatable bonds is 13. The third-order valence-corrected chi connectivity index (χ3v) is 7.35. The Morgan fingerprint density at radius 1 is 0.949 bits per heavy atom. The molecule has 3 aromatic carbocycles. The van der Waals surface area contributed by atoms with Gasteiger partial charge in [0.25, 0.3) is 5.91 Å². The molecule has 0 saturated heterocycles. The summed E-state index contributed by atoms with van der Waals surface area (Å²) < 4.78 is 12.2. The highest BCUT2D eigenvalue weighted by atomic mass is 79.9. The fourth-order valence-electron chi connectivity index (χ4n) is 4.18. The number of amides is 2. The second kappa shape index (κ2) is 14.7. The van der Waals surface area contributed by atoms with Crippen LogP contribution < -0.4 is 14.8 Å². The molecule has 0 bridgehead atoms. The molecule has 208 valence electrons. The summed E-state index contributed by atoms with van der Waals surface area (Å²) in [5.41, 5.74) is 3.00. The number of carbonyl (C=O) groups is 2. The summed E-state index contributed by atoms with van der Waals surface area (Å²) in [6.45, 7) is 8.27. The standard InChI is InChI=1S/C32H39BrN2O4/c1-6-23(4)34-32(37)29(18-24-11-8-7-9-12-24)35(20-25-13-10-14-27(17-25)38-5)31(36)21-39-30-16-15-26(22(2)3)19-28(30)33/h7-17,19,22-23,29H,6,18,20-21H2,1-5H3,(H,34,37)/t23-,29+/m1/s1. The molecule has 0 aliphatic rings. The SMILES string of the molecule is CC[C@@H](C)NC(=O)[C@H](Cc1ccccc1)N(Cc1cccc(OC)c1)C(=O)COc1ccc(C(C)C)cc1Br. The fourth-order valence-corrected chi connectivity index (χ4v) is 4.69. The van der Waals surface area contributed by atoms with Gasteiger partial charge in [-0.1, -0.05) is 69.3 Å². The van der Waals surface area contributed by atoms with E-state index in [9.17, 15) is 9.59 Å². The van der Waals surface area contributed by atoms with Crippen LogP contribution in [0.4, 0.5) is 0 Å². The molecule has 6 nitrogen and oxygen atoms in total. The van der Waals surface area contributed by atoms with E-state index in [1.807, 2.05) is 86.6 Å². The van der Waals surface area contributed by atoms with Gasteiger partial charge < -0.3 is 19.7 Å². The molecule has 3 rings (SSSR count). The van der Waals surface area contributed by atoms with Crippen molar-refractivity contribution in [1.29, 1.82) is 0 Å². The van der Waals surface area contributed by atoms with Gasteiger partial charge in [0.2, 0.25) is 5.91 Å². The zero-order chi connectivity index (χ0) is 28.4.